The quantitative estimate of drug-likeness (QED) is 0.622. The van der Waals surface area contributed by atoms with Gasteiger partial charge in [0.15, 0.2) is 0 Å². The first-order valence-corrected chi connectivity index (χ1v) is 9.08. The number of carbonyl (C=O) groups excluding carboxylic acids is 2. The summed E-state index contributed by atoms with van der Waals surface area (Å²) in [5.41, 5.74) is 3.30. The summed E-state index contributed by atoms with van der Waals surface area (Å²) < 4.78 is 0. The average Bonchev–Trinajstić information content (AvgIpc) is 3.16. The Labute approximate surface area is 164 Å². The standard InChI is InChI=1S/C22H23N3O3/c1-3-13-23-21(26)20-14-19(24-28-2)15-25(20)22(27)18-11-9-17(10-12-18)16-7-5-4-6-8-16/h3-12,20H,1,13-15H2,2H3,(H,23,26)/b24-19+. The van der Waals surface area contributed by atoms with Gasteiger partial charge in [-0.05, 0) is 23.3 Å². The van der Waals surface area contributed by atoms with Crippen molar-refractivity contribution in [1.29, 1.82) is 0 Å². The van der Waals surface area contributed by atoms with Gasteiger partial charge in [0.25, 0.3) is 5.91 Å². The van der Waals surface area contributed by atoms with Crippen molar-refractivity contribution in [3.63, 3.8) is 0 Å². The normalized spacial score (nSPS) is 17.4. The number of nitrogens with one attached hydrogen (secondary N) is 1. The molecular formula is C22H23N3O3. The van der Waals surface area contributed by atoms with Crippen LogP contribution in [0.3, 0.4) is 0 Å². The van der Waals surface area contributed by atoms with Crippen molar-refractivity contribution in [2.45, 2.75) is 12.5 Å². The summed E-state index contributed by atoms with van der Waals surface area (Å²) >= 11 is 0. The lowest BCUT2D eigenvalue weighted by molar-refractivity contribution is -0.124. The minimum Gasteiger partial charge on any atom is -0.399 e. The summed E-state index contributed by atoms with van der Waals surface area (Å²) in [7, 11) is 1.45. The molecule has 144 valence electrons. The summed E-state index contributed by atoms with van der Waals surface area (Å²) in [4.78, 5) is 31.9. The Morgan fingerprint density at radius 2 is 1.86 bits per heavy atom. The van der Waals surface area contributed by atoms with Crippen LogP contribution in [0.25, 0.3) is 11.1 Å². The largest absolute Gasteiger partial charge is 0.399 e. The summed E-state index contributed by atoms with van der Waals surface area (Å²) in [6, 6.07) is 16.7. The van der Waals surface area contributed by atoms with Gasteiger partial charge in [0, 0.05) is 18.5 Å². The first-order chi connectivity index (χ1) is 13.6. The fraction of sp³-hybridized carbons (Fsp3) is 0.227. The summed E-state index contributed by atoms with van der Waals surface area (Å²) in [5, 5.41) is 6.70. The minimum atomic E-state index is -0.616. The third-order valence-electron chi connectivity index (χ3n) is 4.60. The van der Waals surface area contributed by atoms with E-state index in [1.165, 1.54) is 12.0 Å². The predicted molar refractivity (Wildman–Crippen MR) is 109 cm³/mol. The molecule has 3 rings (SSSR count). The molecule has 1 N–H and O–H groups in total. The molecule has 0 radical (unpaired) electrons. The molecule has 2 amide bonds. The van der Waals surface area contributed by atoms with Crippen LogP contribution in [0.5, 0.6) is 0 Å². The van der Waals surface area contributed by atoms with E-state index in [4.69, 9.17) is 4.84 Å². The molecule has 6 heteroatoms. The van der Waals surface area contributed by atoms with E-state index in [2.05, 4.69) is 17.1 Å². The van der Waals surface area contributed by atoms with E-state index in [-0.39, 0.29) is 18.4 Å². The van der Waals surface area contributed by atoms with Crippen LogP contribution >= 0.6 is 0 Å². The van der Waals surface area contributed by atoms with Crippen molar-refractivity contribution in [2.75, 3.05) is 20.2 Å². The maximum absolute atomic E-state index is 13.1. The summed E-state index contributed by atoms with van der Waals surface area (Å²) in [6.07, 6.45) is 1.95. The van der Waals surface area contributed by atoms with Gasteiger partial charge < -0.3 is 15.1 Å². The zero-order valence-corrected chi connectivity index (χ0v) is 15.8. The molecule has 1 unspecified atom stereocenters. The molecule has 0 saturated carbocycles. The van der Waals surface area contributed by atoms with E-state index in [0.717, 1.165) is 11.1 Å². The van der Waals surface area contributed by atoms with Crippen molar-refractivity contribution in [2.24, 2.45) is 5.16 Å². The highest BCUT2D eigenvalue weighted by atomic mass is 16.6. The molecule has 0 aromatic heterocycles. The molecule has 1 aliphatic rings. The van der Waals surface area contributed by atoms with Gasteiger partial charge in [-0.3, -0.25) is 9.59 Å². The summed E-state index contributed by atoms with van der Waals surface area (Å²) in [5.74, 6) is -0.435. The van der Waals surface area contributed by atoms with Gasteiger partial charge in [0.2, 0.25) is 5.91 Å². The van der Waals surface area contributed by atoms with E-state index in [0.29, 0.717) is 24.2 Å². The van der Waals surface area contributed by atoms with Crippen LogP contribution in [0, 0.1) is 0 Å². The smallest absolute Gasteiger partial charge is 0.254 e. The zero-order valence-electron chi connectivity index (χ0n) is 15.8. The van der Waals surface area contributed by atoms with E-state index in [1.807, 2.05) is 42.5 Å². The highest BCUT2D eigenvalue weighted by Gasteiger charge is 2.38. The Morgan fingerprint density at radius 1 is 1.18 bits per heavy atom. The molecule has 1 saturated heterocycles. The highest BCUT2D eigenvalue weighted by Crippen LogP contribution is 2.23. The first kappa shape index (κ1) is 19.4. The number of carbonyl (C=O) groups is 2. The molecule has 0 aliphatic carbocycles. The Balaban J connectivity index is 1.81. The van der Waals surface area contributed by atoms with Gasteiger partial charge in [0.05, 0.1) is 12.3 Å². The number of benzene rings is 2. The molecule has 0 spiro atoms. The third-order valence-corrected chi connectivity index (χ3v) is 4.60. The molecule has 1 fully saturated rings. The van der Waals surface area contributed by atoms with Crippen LogP contribution in [0.2, 0.25) is 0 Å². The van der Waals surface area contributed by atoms with E-state index < -0.39 is 6.04 Å². The molecule has 0 bridgehead atoms. The SMILES string of the molecule is C=CCNC(=O)C1C/C(=N\OC)CN1C(=O)c1ccc(-c2ccccc2)cc1. The summed E-state index contributed by atoms with van der Waals surface area (Å²) in [6.45, 7) is 4.21. The van der Waals surface area contributed by atoms with Crippen molar-refractivity contribution < 1.29 is 14.4 Å². The average molecular weight is 377 g/mol. The predicted octanol–water partition coefficient (Wildman–Crippen LogP) is 2.87. The van der Waals surface area contributed by atoms with Gasteiger partial charge in [0.1, 0.15) is 13.2 Å². The maximum atomic E-state index is 13.1. The topological polar surface area (TPSA) is 71.0 Å². The Hall–Kier alpha value is -3.41. The van der Waals surface area contributed by atoms with E-state index in [9.17, 15) is 9.59 Å². The molecular weight excluding hydrogens is 354 g/mol. The number of rotatable bonds is 6. The molecule has 28 heavy (non-hydrogen) atoms. The second-order valence-corrected chi connectivity index (χ2v) is 6.47. The minimum absolute atomic E-state index is 0.209. The number of oxime groups is 1. The Bertz CT molecular complexity index is 876. The fourth-order valence-corrected chi connectivity index (χ4v) is 3.24. The second-order valence-electron chi connectivity index (χ2n) is 6.47. The molecule has 1 atom stereocenters. The number of likely N-dealkylation sites (tertiary alicyclic amines) is 1. The molecule has 1 aliphatic heterocycles. The second kappa shape index (κ2) is 8.99. The lowest BCUT2D eigenvalue weighted by Gasteiger charge is -2.23. The third kappa shape index (κ3) is 4.28. The Morgan fingerprint density at radius 3 is 2.50 bits per heavy atom. The van der Waals surface area contributed by atoms with Gasteiger partial charge in [-0.1, -0.05) is 53.7 Å². The van der Waals surface area contributed by atoms with Crippen LogP contribution in [-0.4, -0.2) is 48.7 Å². The van der Waals surface area contributed by atoms with Gasteiger partial charge in [-0.15, -0.1) is 6.58 Å². The monoisotopic (exact) mass is 377 g/mol. The van der Waals surface area contributed by atoms with Crippen LogP contribution in [0.4, 0.5) is 0 Å². The Kier molecular flexibility index (Phi) is 6.22. The number of amides is 2. The maximum Gasteiger partial charge on any atom is 0.254 e. The van der Waals surface area contributed by atoms with E-state index in [1.54, 1.807) is 18.2 Å². The number of hydrogen-bond donors (Lipinski definition) is 1. The molecule has 2 aromatic rings. The lowest BCUT2D eigenvalue weighted by atomic mass is 10.0. The van der Waals surface area contributed by atoms with Crippen LogP contribution in [-0.2, 0) is 9.63 Å². The molecule has 1 heterocycles. The molecule has 2 aromatic carbocycles. The van der Waals surface area contributed by atoms with Crippen LogP contribution in [0.1, 0.15) is 16.8 Å². The number of hydrogen-bond acceptors (Lipinski definition) is 4. The zero-order chi connectivity index (χ0) is 19.9. The van der Waals surface area contributed by atoms with Gasteiger partial charge in [-0.2, -0.15) is 0 Å². The van der Waals surface area contributed by atoms with Gasteiger partial charge in [-0.25, -0.2) is 0 Å². The highest BCUT2D eigenvalue weighted by molar-refractivity contribution is 6.05. The fourth-order valence-electron chi connectivity index (χ4n) is 3.24. The van der Waals surface area contributed by atoms with Crippen molar-refractivity contribution in [3.05, 3.63) is 72.8 Å². The van der Waals surface area contributed by atoms with Crippen molar-refractivity contribution in [3.8, 4) is 11.1 Å². The van der Waals surface area contributed by atoms with Crippen LogP contribution < -0.4 is 5.32 Å². The molecule has 6 nitrogen and oxygen atoms in total. The van der Waals surface area contributed by atoms with Gasteiger partial charge >= 0.3 is 0 Å². The van der Waals surface area contributed by atoms with E-state index >= 15 is 0 Å². The van der Waals surface area contributed by atoms with Crippen molar-refractivity contribution in [1.82, 2.24) is 10.2 Å². The number of nitrogens with zero attached hydrogens (tertiary/aromatic N) is 2. The van der Waals surface area contributed by atoms with Crippen LogP contribution in [0.15, 0.2) is 72.4 Å². The first-order valence-electron chi connectivity index (χ1n) is 9.08. The lowest BCUT2D eigenvalue weighted by Crippen LogP contribution is -2.46. The van der Waals surface area contributed by atoms with Crippen molar-refractivity contribution >= 4 is 17.5 Å².